The topological polar surface area (TPSA) is 94.1 Å². The zero-order valence-corrected chi connectivity index (χ0v) is 19.6. The lowest BCUT2D eigenvalue weighted by Crippen LogP contribution is -2.44. The van der Waals surface area contributed by atoms with Crippen molar-refractivity contribution in [1.82, 2.24) is 9.97 Å². The van der Waals surface area contributed by atoms with Crippen LogP contribution in [0.2, 0.25) is 0 Å². The Balaban J connectivity index is 2.55. The molecule has 9 nitrogen and oxygen atoms in total. The van der Waals surface area contributed by atoms with Gasteiger partial charge in [-0.05, 0) is 12.1 Å². The lowest BCUT2D eigenvalue weighted by Gasteiger charge is -2.26. The van der Waals surface area contributed by atoms with Crippen LogP contribution in [0.1, 0.15) is 11.8 Å². The average molecular weight is 588 g/mol. The van der Waals surface area contributed by atoms with Gasteiger partial charge in [0, 0.05) is 14.0 Å². The van der Waals surface area contributed by atoms with Crippen LogP contribution in [0.15, 0.2) is 12.1 Å². The molecule has 0 bridgehead atoms. The first-order valence-electron chi connectivity index (χ1n) is 9.60. The minimum absolute atomic E-state index is 0.0892. The number of carbonyl (C=O) groups is 2. The molecule has 2 aromatic heterocycles. The first kappa shape index (κ1) is 30.6. The minimum atomic E-state index is -5.06. The van der Waals surface area contributed by atoms with Gasteiger partial charge in [-0.3, -0.25) is 9.69 Å². The zero-order chi connectivity index (χ0) is 29.1. The quantitative estimate of drug-likeness (QED) is 0.239. The molecule has 38 heavy (non-hydrogen) atoms. The van der Waals surface area contributed by atoms with Crippen LogP contribution >= 0.6 is 11.3 Å². The van der Waals surface area contributed by atoms with E-state index in [9.17, 15) is 53.5 Å². The number of rotatable bonds is 8. The number of thiophene rings is 1. The molecule has 0 radical (unpaired) electrons. The predicted molar refractivity (Wildman–Crippen MR) is 107 cm³/mol. The second-order valence-corrected chi connectivity index (χ2v) is 7.99. The molecule has 0 spiro atoms. The average Bonchev–Trinajstić information content (AvgIpc) is 3.27. The molecule has 0 fully saturated rings. The van der Waals surface area contributed by atoms with Gasteiger partial charge in [0.15, 0.2) is 19.9 Å². The molecule has 0 unspecified atom stereocenters. The van der Waals surface area contributed by atoms with Crippen LogP contribution in [0.3, 0.4) is 0 Å². The molecule has 20 heteroatoms. The van der Waals surface area contributed by atoms with Gasteiger partial charge < -0.3 is 14.2 Å². The Hall–Kier alpha value is -3.58. The van der Waals surface area contributed by atoms with Crippen LogP contribution in [0.5, 0.6) is 11.8 Å². The first-order chi connectivity index (χ1) is 17.3. The molecule has 0 saturated carbocycles. The molecular formula is C18H14F10N4O5S. The number of nitrogens with zero attached hydrogens (tertiary/aromatic N) is 4. The van der Waals surface area contributed by atoms with Gasteiger partial charge >= 0.3 is 30.5 Å². The third-order valence-electron chi connectivity index (χ3n) is 3.88. The van der Waals surface area contributed by atoms with Gasteiger partial charge in [-0.25, -0.2) is 9.69 Å². The van der Waals surface area contributed by atoms with Crippen molar-refractivity contribution in [1.29, 1.82) is 0 Å². The van der Waals surface area contributed by atoms with Gasteiger partial charge in [-0.2, -0.15) is 53.9 Å². The Kier molecular flexibility index (Phi) is 9.22. The van der Waals surface area contributed by atoms with Crippen molar-refractivity contribution < 1.29 is 67.7 Å². The maximum absolute atomic E-state index is 14.5. The summed E-state index contributed by atoms with van der Waals surface area (Å²) in [5, 5.41) is -0.348. The van der Waals surface area contributed by atoms with E-state index in [2.05, 4.69) is 24.2 Å². The summed E-state index contributed by atoms with van der Waals surface area (Å²) in [5.74, 6) is -7.41. The number of esters is 1. The molecule has 0 saturated heterocycles. The van der Waals surface area contributed by atoms with Gasteiger partial charge in [0.05, 0.1) is 5.00 Å². The van der Waals surface area contributed by atoms with Crippen molar-refractivity contribution in [3.8, 4) is 11.8 Å². The van der Waals surface area contributed by atoms with Gasteiger partial charge in [0.2, 0.25) is 11.8 Å². The van der Waals surface area contributed by atoms with Gasteiger partial charge in [0.1, 0.15) is 4.88 Å². The Morgan fingerprint density at radius 2 is 1.42 bits per heavy atom. The Labute approximate surface area is 209 Å². The van der Waals surface area contributed by atoms with Crippen LogP contribution in [-0.4, -0.2) is 61.3 Å². The Morgan fingerprint density at radius 3 is 1.82 bits per heavy atom. The molecule has 0 aromatic carbocycles. The number of anilines is 2. The molecule has 2 heterocycles. The number of hydrogen-bond donors (Lipinski definition) is 0. The fourth-order valence-corrected chi connectivity index (χ4v) is 3.13. The van der Waals surface area contributed by atoms with E-state index in [1.54, 1.807) is 0 Å². The molecule has 212 valence electrons. The maximum Gasteiger partial charge on any atom is 0.425 e. The largest absolute Gasteiger partial charge is 0.466 e. The Bertz CT molecular complexity index is 1110. The SMILES string of the molecule is CC(=O)OCN(C(=O)N(C)c1ccc(C(F)(F)F)s1)c1nc(OCC(F)(F)F)c(F)c(OCC(F)(F)F)n1. The molecule has 0 aliphatic rings. The van der Waals surface area contributed by atoms with E-state index in [1.165, 1.54) is 0 Å². The maximum atomic E-state index is 14.5. The summed E-state index contributed by atoms with van der Waals surface area (Å²) in [6.07, 6.45) is -14.9. The van der Waals surface area contributed by atoms with Gasteiger partial charge in [-0.1, -0.05) is 0 Å². The number of urea groups is 1. The summed E-state index contributed by atoms with van der Waals surface area (Å²) >= 11 is 0.0892. The molecule has 0 atom stereocenters. The van der Waals surface area contributed by atoms with Crippen molar-refractivity contribution in [2.75, 3.05) is 36.8 Å². The van der Waals surface area contributed by atoms with Crippen LogP contribution < -0.4 is 19.3 Å². The van der Waals surface area contributed by atoms with Crippen molar-refractivity contribution in [2.24, 2.45) is 0 Å². The van der Waals surface area contributed by atoms with E-state index in [-0.39, 0.29) is 21.2 Å². The monoisotopic (exact) mass is 588 g/mol. The van der Waals surface area contributed by atoms with Crippen molar-refractivity contribution in [2.45, 2.75) is 25.5 Å². The second-order valence-electron chi connectivity index (χ2n) is 6.93. The summed E-state index contributed by atoms with van der Waals surface area (Å²) in [7, 11) is 0.931. The first-order valence-corrected chi connectivity index (χ1v) is 10.4. The molecule has 2 aromatic rings. The summed E-state index contributed by atoms with van der Waals surface area (Å²) in [5.41, 5.74) is 0. The highest BCUT2D eigenvalue weighted by molar-refractivity contribution is 7.16. The van der Waals surface area contributed by atoms with E-state index in [4.69, 9.17) is 0 Å². The minimum Gasteiger partial charge on any atom is -0.466 e. The standard InChI is InChI=1S/C18H14F10N4O5S/c1-8(33)37-7-32(15(34)31(2)10-4-3-9(38-10)18(26,27)28)14-29-12(35-5-16(20,21)22)11(19)13(30-14)36-6-17(23,24)25/h3-4H,5-7H2,1-2H3. The number of alkyl halides is 9. The third-order valence-corrected chi connectivity index (χ3v) is 5.09. The van der Waals surface area contributed by atoms with E-state index >= 15 is 0 Å². The summed E-state index contributed by atoms with van der Waals surface area (Å²) in [6.45, 7) is -4.65. The van der Waals surface area contributed by atoms with Crippen LogP contribution in [0.25, 0.3) is 0 Å². The lowest BCUT2D eigenvalue weighted by molar-refractivity contribution is -0.155. The molecule has 2 amide bonds. The van der Waals surface area contributed by atoms with E-state index < -0.39 is 78.9 Å². The fourth-order valence-electron chi connectivity index (χ4n) is 2.30. The third kappa shape index (κ3) is 8.77. The Morgan fingerprint density at radius 1 is 0.921 bits per heavy atom. The highest BCUT2D eigenvalue weighted by atomic mass is 32.1. The van der Waals surface area contributed by atoms with Crippen LogP contribution in [0, 0.1) is 5.82 Å². The van der Waals surface area contributed by atoms with Crippen molar-refractivity contribution >= 4 is 34.3 Å². The molecule has 2 rings (SSSR count). The molecule has 0 aliphatic heterocycles. The predicted octanol–water partition coefficient (Wildman–Crippen LogP) is 5.16. The van der Waals surface area contributed by atoms with Gasteiger partial charge in [0.25, 0.3) is 11.8 Å². The molecular weight excluding hydrogens is 574 g/mol. The number of amides is 2. The summed E-state index contributed by atoms with van der Waals surface area (Å²) in [6, 6.07) is 0.106. The fraction of sp³-hybridized carbons (Fsp3) is 0.444. The van der Waals surface area contributed by atoms with E-state index in [1.807, 2.05) is 0 Å². The summed E-state index contributed by atoms with van der Waals surface area (Å²) in [4.78, 5) is 30.4. The number of carbonyl (C=O) groups excluding carboxylic acids is 2. The molecule has 0 N–H and O–H groups in total. The second kappa shape index (κ2) is 11.4. The number of aromatic nitrogens is 2. The lowest BCUT2D eigenvalue weighted by atomic mass is 10.4. The van der Waals surface area contributed by atoms with E-state index in [0.29, 0.717) is 11.0 Å². The number of ether oxygens (including phenoxy) is 3. The van der Waals surface area contributed by atoms with Crippen LogP contribution in [0.4, 0.5) is 59.6 Å². The smallest absolute Gasteiger partial charge is 0.425 e. The highest BCUT2D eigenvalue weighted by Gasteiger charge is 2.36. The summed E-state index contributed by atoms with van der Waals surface area (Å²) < 4.78 is 142. The number of hydrogen-bond acceptors (Lipinski definition) is 8. The van der Waals surface area contributed by atoms with Crippen LogP contribution in [-0.2, 0) is 15.7 Å². The van der Waals surface area contributed by atoms with Gasteiger partial charge in [-0.15, -0.1) is 11.3 Å². The van der Waals surface area contributed by atoms with E-state index in [0.717, 1.165) is 20.0 Å². The highest BCUT2D eigenvalue weighted by Crippen LogP contribution is 2.38. The normalized spacial score (nSPS) is 12.2. The van der Waals surface area contributed by atoms with Crippen molar-refractivity contribution in [3.05, 3.63) is 22.8 Å². The zero-order valence-electron chi connectivity index (χ0n) is 18.8. The van der Waals surface area contributed by atoms with Crippen molar-refractivity contribution in [3.63, 3.8) is 0 Å². The number of halogens is 10. The molecule has 0 aliphatic carbocycles.